The van der Waals surface area contributed by atoms with Crippen LogP contribution in [-0.2, 0) is 11.3 Å². The fourth-order valence-electron chi connectivity index (χ4n) is 4.55. The Labute approximate surface area is 170 Å². The Morgan fingerprint density at radius 3 is 2.46 bits per heavy atom. The van der Waals surface area contributed by atoms with E-state index in [1.54, 1.807) is 7.11 Å². The Morgan fingerprint density at radius 1 is 1.14 bits per heavy atom. The van der Waals surface area contributed by atoms with E-state index in [2.05, 4.69) is 48.0 Å². The van der Waals surface area contributed by atoms with Gasteiger partial charge < -0.3 is 10.1 Å². The third-order valence-electron chi connectivity index (χ3n) is 6.93. The normalized spacial score (nSPS) is 27.9. The molecular formula is C23H37N3O2. The molecule has 1 aliphatic carbocycles. The SMILES string of the molecule is COc1ccc(CN2CCN([C@H](C)C(=O)N[C@H]3CCC[C@@H](C)[C@H]3C)CC2)cc1. The second kappa shape index (κ2) is 9.75. The maximum Gasteiger partial charge on any atom is 0.237 e. The molecule has 1 N–H and O–H groups in total. The van der Waals surface area contributed by atoms with E-state index in [1.807, 2.05) is 12.1 Å². The van der Waals surface area contributed by atoms with Gasteiger partial charge in [-0.25, -0.2) is 0 Å². The van der Waals surface area contributed by atoms with Crippen molar-refractivity contribution in [3.8, 4) is 5.75 Å². The Morgan fingerprint density at radius 2 is 1.82 bits per heavy atom. The van der Waals surface area contributed by atoms with Gasteiger partial charge in [0.15, 0.2) is 0 Å². The molecule has 2 aliphatic rings. The molecular weight excluding hydrogens is 350 g/mol. The van der Waals surface area contributed by atoms with Crippen LogP contribution in [0.25, 0.3) is 0 Å². The first-order valence-electron chi connectivity index (χ1n) is 10.9. The zero-order chi connectivity index (χ0) is 20.1. The van der Waals surface area contributed by atoms with Crippen LogP contribution in [0.2, 0.25) is 0 Å². The van der Waals surface area contributed by atoms with Gasteiger partial charge in [0, 0.05) is 38.8 Å². The summed E-state index contributed by atoms with van der Waals surface area (Å²) in [6.45, 7) is 11.5. The van der Waals surface area contributed by atoms with E-state index in [4.69, 9.17) is 4.74 Å². The largest absolute Gasteiger partial charge is 0.497 e. The first-order valence-corrected chi connectivity index (χ1v) is 10.9. The molecule has 1 saturated carbocycles. The standard InChI is InChI=1S/C23H37N3O2/c1-17-6-5-7-22(18(17)2)24-23(27)19(3)26-14-12-25(13-15-26)16-20-8-10-21(28-4)11-9-20/h8-11,17-19,22H,5-7,12-16H2,1-4H3,(H,24,27)/t17-,18-,19-,22+/m1/s1. The van der Waals surface area contributed by atoms with Crippen LogP contribution in [0.3, 0.4) is 0 Å². The van der Waals surface area contributed by atoms with Crippen molar-refractivity contribution >= 4 is 5.91 Å². The summed E-state index contributed by atoms with van der Waals surface area (Å²) in [5, 5.41) is 3.35. The van der Waals surface area contributed by atoms with Crippen molar-refractivity contribution < 1.29 is 9.53 Å². The Balaban J connectivity index is 1.45. The number of piperazine rings is 1. The lowest BCUT2D eigenvalue weighted by Crippen LogP contribution is -2.56. The van der Waals surface area contributed by atoms with Crippen LogP contribution < -0.4 is 10.1 Å². The van der Waals surface area contributed by atoms with E-state index in [-0.39, 0.29) is 11.9 Å². The number of amides is 1. The lowest BCUT2D eigenvalue weighted by molar-refractivity contribution is -0.128. The molecule has 156 valence electrons. The average Bonchev–Trinajstić information content (AvgIpc) is 2.72. The van der Waals surface area contributed by atoms with E-state index >= 15 is 0 Å². The van der Waals surface area contributed by atoms with Gasteiger partial charge in [-0.2, -0.15) is 0 Å². The van der Waals surface area contributed by atoms with E-state index < -0.39 is 0 Å². The highest BCUT2D eigenvalue weighted by molar-refractivity contribution is 5.81. The van der Waals surface area contributed by atoms with Crippen LogP contribution in [0.5, 0.6) is 5.75 Å². The molecule has 1 aromatic carbocycles. The molecule has 0 aromatic heterocycles. The fourth-order valence-corrected chi connectivity index (χ4v) is 4.55. The lowest BCUT2D eigenvalue weighted by Gasteiger charge is -2.39. The second-order valence-corrected chi connectivity index (χ2v) is 8.72. The molecule has 0 radical (unpaired) electrons. The number of methoxy groups -OCH3 is 1. The molecule has 5 nitrogen and oxygen atoms in total. The van der Waals surface area contributed by atoms with Crippen LogP contribution >= 0.6 is 0 Å². The van der Waals surface area contributed by atoms with Crippen LogP contribution in [0, 0.1) is 11.8 Å². The Bertz CT molecular complexity index is 625. The van der Waals surface area contributed by atoms with Gasteiger partial charge in [0.2, 0.25) is 5.91 Å². The number of carbonyl (C=O) groups is 1. The van der Waals surface area contributed by atoms with Gasteiger partial charge in [-0.15, -0.1) is 0 Å². The smallest absolute Gasteiger partial charge is 0.237 e. The maximum absolute atomic E-state index is 12.8. The number of nitrogens with one attached hydrogen (secondary N) is 1. The van der Waals surface area contributed by atoms with Crippen LogP contribution in [0.1, 0.15) is 45.6 Å². The zero-order valence-corrected chi connectivity index (χ0v) is 18.0. The minimum atomic E-state index is -0.0485. The topological polar surface area (TPSA) is 44.8 Å². The molecule has 0 unspecified atom stereocenters. The van der Waals surface area contributed by atoms with Gasteiger partial charge in [0.25, 0.3) is 0 Å². The zero-order valence-electron chi connectivity index (χ0n) is 18.0. The number of nitrogens with zero attached hydrogens (tertiary/aromatic N) is 2. The van der Waals surface area contributed by atoms with Crippen LogP contribution in [-0.4, -0.2) is 61.1 Å². The lowest BCUT2D eigenvalue weighted by atomic mass is 9.78. The molecule has 28 heavy (non-hydrogen) atoms. The Kier molecular flexibility index (Phi) is 7.36. The first kappa shape index (κ1) is 21.1. The highest BCUT2D eigenvalue weighted by atomic mass is 16.5. The molecule has 3 rings (SSSR count). The van der Waals surface area contributed by atoms with Crippen molar-refractivity contribution in [2.24, 2.45) is 11.8 Å². The fraction of sp³-hybridized carbons (Fsp3) is 0.696. The molecule has 1 amide bonds. The molecule has 1 saturated heterocycles. The predicted octanol–water partition coefficient (Wildman–Crippen LogP) is 3.14. The summed E-state index contributed by atoms with van der Waals surface area (Å²) in [5.74, 6) is 2.38. The number of rotatable bonds is 6. The molecule has 4 atom stereocenters. The summed E-state index contributed by atoms with van der Waals surface area (Å²) in [7, 11) is 1.70. The van der Waals surface area contributed by atoms with Gasteiger partial charge in [0.1, 0.15) is 5.75 Å². The number of hydrogen-bond donors (Lipinski definition) is 1. The molecule has 1 aromatic rings. The van der Waals surface area contributed by atoms with Crippen LogP contribution in [0.4, 0.5) is 0 Å². The van der Waals surface area contributed by atoms with E-state index in [1.165, 1.54) is 18.4 Å². The maximum atomic E-state index is 12.8. The number of carbonyl (C=O) groups excluding carboxylic acids is 1. The monoisotopic (exact) mass is 387 g/mol. The highest BCUT2D eigenvalue weighted by Gasteiger charge is 2.31. The predicted molar refractivity (Wildman–Crippen MR) is 113 cm³/mol. The van der Waals surface area contributed by atoms with Crippen molar-refractivity contribution in [1.29, 1.82) is 0 Å². The van der Waals surface area contributed by atoms with Crippen molar-refractivity contribution in [3.05, 3.63) is 29.8 Å². The molecule has 1 heterocycles. The van der Waals surface area contributed by atoms with Crippen molar-refractivity contribution in [2.75, 3.05) is 33.3 Å². The number of benzene rings is 1. The molecule has 0 spiro atoms. The van der Waals surface area contributed by atoms with Gasteiger partial charge in [-0.3, -0.25) is 14.6 Å². The highest BCUT2D eigenvalue weighted by Crippen LogP contribution is 2.29. The summed E-state index contributed by atoms with van der Waals surface area (Å²) >= 11 is 0. The first-order chi connectivity index (χ1) is 13.5. The molecule has 2 fully saturated rings. The van der Waals surface area contributed by atoms with E-state index in [0.717, 1.165) is 44.9 Å². The Hall–Kier alpha value is -1.59. The summed E-state index contributed by atoms with van der Waals surface area (Å²) in [5.41, 5.74) is 1.31. The van der Waals surface area contributed by atoms with E-state index in [0.29, 0.717) is 17.9 Å². The third-order valence-corrected chi connectivity index (χ3v) is 6.93. The van der Waals surface area contributed by atoms with Crippen molar-refractivity contribution in [2.45, 2.75) is 58.7 Å². The minimum absolute atomic E-state index is 0.0485. The average molecular weight is 388 g/mol. The van der Waals surface area contributed by atoms with Crippen molar-refractivity contribution in [1.82, 2.24) is 15.1 Å². The summed E-state index contributed by atoms with van der Waals surface area (Å²) in [6.07, 6.45) is 3.65. The number of hydrogen-bond acceptors (Lipinski definition) is 4. The van der Waals surface area contributed by atoms with Crippen molar-refractivity contribution in [3.63, 3.8) is 0 Å². The van der Waals surface area contributed by atoms with Crippen LogP contribution in [0.15, 0.2) is 24.3 Å². The van der Waals surface area contributed by atoms with Gasteiger partial charge in [-0.05, 0) is 42.9 Å². The van der Waals surface area contributed by atoms with Gasteiger partial charge >= 0.3 is 0 Å². The molecule has 0 bridgehead atoms. The third kappa shape index (κ3) is 5.26. The van der Waals surface area contributed by atoms with Gasteiger partial charge in [0.05, 0.1) is 13.2 Å². The van der Waals surface area contributed by atoms with E-state index in [9.17, 15) is 4.79 Å². The quantitative estimate of drug-likeness (QED) is 0.814. The van der Waals surface area contributed by atoms with Gasteiger partial charge in [-0.1, -0.05) is 38.8 Å². The summed E-state index contributed by atoms with van der Waals surface area (Å²) in [4.78, 5) is 17.6. The summed E-state index contributed by atoms with van der Waals surface area (Å²) < 4.78 is 5.23. The summed E-state index contributed by atoms with van der Waals surface area (Å²) in [6, 6.07) is 8.60. The molecule has 5 heteroatoms. The number of ether oxygens (including phenoxy) is 1. The second-order valence-electron chi connectivity index (χ2n) is 8.72. The molecule has 1 aliphatic heterocycles. The minimum Gasteiger partial charge on any atom is -0.497 e.